The van der Waals surface area contributed by atoms with Crippen molar-refractivity contribution in [3.05, 3.63) is 35.9 Å². The Kier molecular flexibility index (Phi) is 5.16. The monoisotopic (exact) mass is 291 g/mol. The summed E-state index contributed by atoms with van der Waals surface area (Å²) in [5.41, 5.74) is 1.07. The van der Waals surface area contributed by atoms with Gasteiger partial charge in [-0.2, -0.15) is 0 Å². The fraction of sp³-hybridized carbons (Fsp3) is 0.467. The van der Waals surface area contributed by atoms with Crippen LogP contribution in [-0.2, 0) is 11.3 Å². The number of likely N-dealkylation sites (tertiary alicyclic amines) is 1. The maximum Gasteiger partial charge on any atom is 0.315 e. The molecule has 21 heavy (non-hydrogen) atoms. The van der Waals surface area contributed by atoms with Crippen molar-refractivity contribution in [2.45, 2.75) is 32.0 Å². The highest BCUT2D eigenvalue weighted by atomic mass is 16.3. The van der Waals surface area contributed by atoms with Crippen molar-refractivity contribution in [2.24, 2.45) is 0 Å². The molecule has 2 rings (SSSR count). The Morgan fingerprint density at radius 1 is 1.43 bits per heavy atom. The molecule has 0 aliphatic carbocycles. The Labute approximate surface area is 124 Å². The number of hydrogen-bond donors (Lipinski definition) is 3. The van der Waals surface area contributed by atoms with Gasteiger partial charge in [0.25, 0.3) is 0 Å². The third kappa shape index (κ3) is 4.75. The number of carbonyl (C=O) groups excluding carboxylic acids is 2. The van der Waals surface area contributed by atoms with Crippen LogP contribution < -0.4 is 10.6 Å². The number of benzene rings is 1. The maximum atomic E-state index is 12.0. The summed E-state index contributed by atoms with van der Waals surface area (Å²) in [6.07, 6.45) is -0.273. The Bertz CT molecular complexity index is 490. The molecule has 0 radical (unpaired) electrons. The Morgan fingerprint density at radius 3 is 2.81 bits per heavy atom. The molecule has 1 aromatic carbocycles. The lowest BCUT2D eigenvalue weighted by Crippen LogP contribution is -2.45. The molecule has 0 aromatic heterocycles. The lowest BCUT2D eigenvalue weighted by molar-refractivity contribution is -0.128. The zero-order valence-electron chi connectivity index (χ0n) is 12.1. The van der Waals surface area contributed by atoms with E-state index in [1.165, 1.54) is 0 Å². The summed E-state index contributed by atoms with van der Waals surface area (Å²) in [4.78, 5) is 25.3. The smallest absolute Gasteiger partial charge is 0.315 e. The van der Waals surface area contributed by atoms with Gasteiger partial charge >= 0.3 is 6.03 Å². The zero-order valence-corrected chi connectivity index (χ0v) is 12.1. The fourth-order valence-corrected chi connectivity index (χ4v) is 2.30. The summed E-state index contributed by atoms with van der Waals surface area (Å²) in [5, 5.41) is 14.4. The van der Waals surface area contributed by atoms with E-state index in [2.05, 4.69) is 10.6 Å². The first-order valence-corrected chi connectivity index (χ1v) is 7.08. The second-order valence-corrected chi connectivity index (χ2v) is 5.36. The quantitative estimate of drug-likeness (QED) is 0.737. The third-order valence-corrected chi connectivity index (χ3v) is 3.32. The van der Waals surface area contributed by atoms with Gasteiger partial charge in [-0.1, -0.05) is 30.3 Å². The molecule has 1 fully saturated rings. The van der Waals surface area contributed by atoms with E-state index < -0.39 is 6.10 Å². The first-order valence-electron chi connectivity index (χ1n) is 7.08. The van der Waals surface area contributed by atoms with Crippen LogP contribution in [0.4, 0.5) is 4.79 Å². The first-order chi connectivity index (χ1) is 10.0. The van der Waals surface area contributed by atoms with E-state index in [-0.39, 0.29) is 24.5 Å². The van der Waals surface area contributed by atoms with Crippen molar-refractivity contribution in [2.75, 3.05) is 13.1 Å². The van der Waals surface area contributed by atoms with Gasteiger partial charge in [0.05, 0.1) is 12.1 Å². The van der Waals surface area contributed by atoms with Crippen molar-refractivity contribution < 1.29 is 14.7 Å². The number of aliphatic hydroxyl groups excluding tert-OH is 1. The molecule has 6 heteroatoms. The van der Waals surface area contributed by atoms with Crippen molar-refractivity contribution in [3.63, 3.8) is 0 Å². The van der Waals surface area contributed by atoms with Gasteiger partial charge in [-0.05, 0) is 12.5 Å². The third-order valence-electron chi connectivity index (χ3n) is 3.32. The zero-order chi connectivity index (χ0) is 15.2. The van der Waals surface area contributed by atoms with Gasteiger partial charge in [-0.3, -0.25) is 4.79 Å². The highest BCUT2D eigenvalue weighted by Crippen LogP contribution is 2.14. The number of urea groups is 1. The van der Waals surface area contributed by atoms with Crippen molar-refractivity contribution >= 4 is 11.9 Å². The molecule has 1 aromatic rings. The van der Waals surface area contributed by atoms with Crippen LogP contribution >= 0.6 is 0 Å². The highest BCUT2D eigenvalue weighted by Gasteiger charge is 2.30. The summed E-state index contributed by atoms with van der Waals surface area (Å²) in [5.74, 6) is 0.0414. The Morgan fingerprint density at radius 2 is 2.14 bits per heavy atom. The molecular formula is C15H21N3O3. The molecule has 1 aliphatic heterocycles. The average molecular weight is 291 g/mol. The first kappa shape index (κ1) is 15.3. The lowest BCUT2D eigenvalue weighted by Gasteiger charge is -2.17. The van der Waals surface area contributed by atoms with Crippen LogP contribution in [0, 0.1) is 0 Å². The fourth-order valence-electron chi connectivity index (χ4n) is 2.30. The van der Waals surface area contributed by atoms with Gasteiger partial charge in [0, 0.05) is 26.1 Å². The van der Waals surface area contributed by atoms with E-state index in [9.17, 15) is 9.59 Å². The van der Waals surface area contributed by atoms with Crippen LogP contribution in [0.1, 0.15) is 18.9 Å². The normalized spacial score (nSPS) is 19.4. The molecule has 0 bridgehead atoms. The van der Waals surface area contributed by atoms with Crippen molar-refractivity contribution in [1.29, 1.82) is 0 Å². The van der Waals surface area contributed by atoms with E-state index in [0.29, 0.717) is 19.5 Å². The average Bonchev–Trinajstić information content (AvgIpc) is 2.77. The molecule has 3 N–H and O–H groups in total. The summed E-state index contributed by atoms with van der Waals surface area (Å²) < 4.78 is 0. The van der Waals surface area contributed by atoms with Crippen LogP contribution in [0.3, 0.4) is 0 Å². The van der Waals surface area contributed by atoms with Gasteiger partial charge in [-0.25, -0.2) is 4.79 Å². The van der Waals surface area contributed by atoms with Gasteiger partial charge in [0.1, 0.15) is 0 Å². The number of hydrogen-bond acceptors (Lipinski definition) is 3. The number of nitrogens with one attached hydrogen (secondary N) is 2. The minimum Gasteiger partial charge on any atom is -0.392 e. The van der Waals surface area contributed by atoms with Crippen molar-refractivity contribution in [1.82, 2.24) is 15.5 Å². The minimum absolute atomic E-state index is 0.0414. The minimum atomic E-state index is -0.587. The molecule has 2 unspecified atom stereocenters. The number of rotatable bonds is 5. The number of amides is 3. The van der Waals surface area contributed by atoms with E-state index in [4.69, 9.17) is 5.11 Å². The van der Waals surface area contributed by atoms with E-state index in [0.717, 1.165) is 5.56 Å². The molecule has 1 saturated heterocycles. The predicted molar refractivity (Wildman–Crippen MR) is 78.5 cm³/mol. The molecule has 0 spiro atoms. The molecule has 114 valence electrons. The number of aliphatic hydroxyl groups is 1. The second kappa shape index (κ2) is 7.08. The molecule has 6 nitrogen and oxygen atoms in total. The molecule has 1 heterocycles. The van der Waals surface area contributed by atoms with Gasteiger partial charge in [0.15, 0.2) is 0 Å². The second-order valence-electron chi connectivity index (χ2n) is 5.36. The highest BCUT2D eigenvalue weighted by molar-refractivity contribution is 5.81. The molecule has 1 aliphatic rings. The van der Waals surface area contributed by atoms with Crippen LogP contribution in [0.2, 0.25) is 0 Å². The van der Waals surface area contributed by atoms with Gasteiger partial charge in [0.2, 0.25) is 5.91 Å². The topological polar surface area (TPSA) is 81.7 Å². The molecule has 3 amide bonds. The Hall–Kier alpha value is -2.08. The predicted octanol–water partition coefficient (Wildman–Crippen LogP) is 0.468. The lowest BCUT2D eigenvalue weighted by atomic mass is 10.2. The molecule has 2 atom stereocenters. The van der Waals surface area contributed by atoms with Gasteiger partial charge in [-0.15, -0.1) is 0 Å². The molecular weight excluding hydrogens is 270 g/mol. The van der Waals surface area contributed by atoms with Gasteiger partial charge < -0.3 is 20.6 Å². The largest absolute Gasteiger partial charge is 0.392 e. The summed E-state index contributed by atoms with van der Waals surface area (Å²) >= 11 is 0. The summed E-state index contributed by atoms with van der Waals surface area (Å²) in [6, 6.07) is 9.23. The van der Waals surface area contributed by atoms with Crippen molar-refractivity contribution in [3.8, 4) is 0 Å². The summed E-state index contributed by atoms with van der Waals surface area (Å²) in [6.45, 7) is 2.87. The molecule has 0 saturated carbocycles. The number of carbonyl (C=O) groups is 2. The van der Waals surface area contributed by atoms with E-state index >= 15 is 0 Å². The van der Waals surface area contributed by atoms with Crippen LogP contribution in [-0.4, -0.2) is 47.2 Å². The van der Waals surface area contributed by atoms with E-state index in [1.54, 1.807) is 11.8 Å². The number of nitrogens with zero attached hydrogens (tertiary/aromatic N) is 1. The van der Waals surface area contributed by atoms with Crippen LogP contribution in [0.15, 0.2) is 30.3 Å². The van der Waals surface area contributed by atoms with Crippen LogP contribution in [0.5, 0.6) is 0 Å². The summed E-state index contributed by atoms with van der Waals surface area (Å²) in [7, 11) is 0. The standard InChI is InChI=1S/C15H21N3O3/c1-11(19)8-16-15(21)17-13-7-14(20)18(10-13)9-12-5-3-2-4-6-12/h2-6,11,13,19H,7-10H2,1H3,(H2,16,17,21). The Balaban J connectivity index is 1.81. The van der Waals surface area contributed by atoms with Crippen LogP contribution in [0.25, 0.3) is 0 Å². The van der Waals surface area contributed by atoms with E-state index in [1.807, 2.05) is 30.3 Å². The maximum absolute atomic E-state index is 12.0. The SMILES string of the molecule is CC(O)CNC(=O)NC1CC(=O)N(Cc2ccccc2)C1.